The summed E-state index contributed by atoms with van der Waals surface area (Å²) in [7, 11) is -3.73. The Morgan fingerprint density at radius 1 is 1.07 bits per heavy atom. The summed E-state index contributed by atoms with van der Waals surface area (Å²) in [6.45, 7) is 1.78. The van der Waals surface area contributed by atoms with Gasteiger partial charge in [-0.3, -0.25) is 4.79 Å². The second-order valence-corrected chi connectivity index (χ2v) is 9.03. The smallest absolute Gasteiger partial charge is 0.243 e. The van der Waals surface area contributed by atoms with E-state index < -0.39 is 15.8 Å². The highest BCUT2D eigenvalue weighted by Crippen LogP contribution is 2.24. The van der Waals surface area contributed by atoms with Gasteiger partial charge in [0, 0.05) is 31.9 Å². The molecule has 0 bridgehead atoms. The number of rotatable bonds is 8. The molecule has 29 heavy (non-hydrogen) atoms. The van der Waals surface area contributed by atoms with Gasteiger partial charge in [-0.05, 0) is 55.7 Å². The van der Waals surface area contributed by atoms with E-state index in [1.54, 1.807) is 0 Å². The molecule has 1 saturated heterocycles. The fraction of sp³-hybridized carbons (Fsp3) is 0.381. The molecule has 1 aliphatic heterocycles. The van der Waals surface area contributed by atoms with Crippen molar-refractivity contribution < 1.29 is 17.6 Å². The van der Waals surface area contributed by atoms with Gasteiger partial charge in [0.15, 0.2) is 0 Å². The Hall–Kier alpha value is -2.45. The van der Waals surface area contributed by atoms with E-state index in [-0.39, 0.29) is 23.3 Å². The first-order valence-corrected chi connectivity index (χ1v) is 11.2. The standard InChI is InChI=1S/C21H26FN3O3S/c22-18-9-11-20(12-10-18)29(27,28)25-15-4-6-17(16-25)21(26)24-14-5-13-23-19-7-2-1-3-8-19/h1-3,7-12,17,23H,4-6,13-16H2,(H,24,26). The third-order valence-corrected chi connectivity index (χ3v) is 6.84. The summed E-state index contributed by atoms with van der Waals surface area (Å²) in [4.78, 5) is 12.5. The van der Waals surface area contributed by atoms with Crippen LogP contribution in [-0.4, -0.2) is 44.8 Å². The molecule has 2 N–H and O–H groups in total. The monoisotopic (exact) mass is 419 g/mol. The van der Waals surface area contributed by atoms with Crippen molar-refractivity contribution in [1.29, 1.82) is 0 Å². The zero-order valence-corrected chi connectivity index (χ0v) is 17.0. The summed E-state index contributed by atoms with van der Waals surface area (Å²) >= 11 is 0. The van der Waals surface area contributed by atoms with E-state index in [2.05, 4.69) is 10.6 Å². The number of hydrogen-bond donors (Lipinski definition) is 2. The Morgan fingerprint density at radius 3 is 2.52 bits per heavy atom. The van der Waals surface area contributed by atoms with Crippen molar-refractivity contribution in [3.8, 4) is 0 Å². The van der Waals surface area contributed by atoms with Gasteiger partial charge in [-0.2, -0.15) is 4.31 Å². The summed E-state index contributed by atoms with van der Waals surface area (Å²) in [5, 5.41) is 6.19. The molecule has 0 spiro atoms. The van der Waals surface area contributed by atoms with Crippen molar-refractivity contribution in [2.75, 3.05) is 31.5 Å². The van der Waals surface area contributed by atoms with E-state index in [0.29, 0.717) is 25.9 Å². The first-order chi connectivity index (χ1) is 14.0. The number of sulfonamides is 1. The quantitative estimate of drug-likeness (QED) is 0.645. The summed E-state index contributed by atoms with van der Waals surface area (Å²) in [5.74, 6) is -0.980. The minimum Gasteiger partial charge on any atom is -0.385 e. The Bertz CT molecular complexity index is 905. The molecule has 1 atom stereocenters. The van der Waals surface area contributed by atoms with E-state index >= 15 is 0 Å². The predicted molar refractivity (Wildman–Crippen MR) is 110 cm³/mol. The van der Waals surface area contributed by atoms with Crippen molar-refractivity contribution in [1.82, 2.24) is 9.62 Å². The molecular weight excluding hydrogens is 393 g/mol. The zero-order valence-electron chi connectivity index (χ0n) is 16.2. The first-order valence-electron chi connectivity index (χ1n) is 9.79. The van der Waals surface area contributed by atoms with Crippen molar-refractivity contribution in [3.05, 3.63) is 60.4 Å². The van der Waals surface area contributed by atoms with Gasteiger partial charge in [-0.1, -0.05) is 18.2 Å². The maximum Gasteiger partial charge on any atom is 0.243 e. The highest BCUT2D eigenvalue weighted by Gasteiger charge is 2.33. The van der Waals surface area contributed by atoms with Crippen molar-refractivity contribution in [2.45, 2.75) is 24.2 Å². The topological polar surface area (TPSA) is 78.5 Å². The molecule has 0 aromatic heterocycles. The fourth-order valence-electron chi connectivity index (χ4n) is 3.36. The minimum atomic E-state index is -3.73. The van der Waals surface area contributed by atoms with Crippen LogP contribution < -0.4 is 10.6 Å². The number of nitrogens with one attached hydrogen (secondary N) is 2. The molecular formula is C21H26FN3O3S. The summed E-state index contributed by atoms with van der Waals surface area (Å²) in [6.07, 6.45) is 2.04. The van der Waals surface area contributed by atoms with Crippen LogP contribution in [0.3, 0.4) is 0 Å². The summed E-state index contributed by atoms with van der Waals surface area (Å²) in [5.41, 5.74) is 1.03. The van der Waals surface area contributed by atoms with E-state index in [1.165, 1.54) is 16.4 Å². The normalized spacial score (nSPS) is 17.6. The molecule has 8 heteroatoms. The Morgan fingerprint density at radius 2 is 1.79 bits per heavy atom. The van der Waals surface area contributed by atoms with Crippen LogP contribution in [0.1, 0.15) is 19.3 Å². The number of benzene rings is 2. The summed E-state index contributed by atoms with van der Waals surface area (Å²) < 4.78 is 39.9. The zero-order chi connectivity index (χ0) is 20.7. The molecule has 2 aromatic rings. The maximum absolute atomic E-state index is 13.1. The van der Waals surface area contributed by atoms with Crippen LogP contribution in [0.2, 0.25) is 0 Å². The molecule has 1 aliphatic rings. The highest BCUT2D eigenvalue weighted by atomic mass is 32.2. The van der Waals surface area contributed by atoms with Gasteiger partial charge in [0.25, 0.3) is 0 Å². The lowest BCUT2D eigenvalue weighted by Gasteiger charge is -2.31. The van der Waals surface area contributed by atoms with Gasteiger partial charge >= 0.3 is 0 Å². The van der Waals surface area contributed by atoms with Crippen LogP contribution in [0.5, 0.6) is 0 Å². The van der Waals surface area contributed by atoms with E-state index in [4.69, 9.17) is 0 Å². The highest BCUT2D eigenvalue weighted by molar-refractivity contribution is 7.89. The molecule has 0 radical (unpaired) electrons. The number of carbonyl (C=O) groups excluding carboxylic acids is 1. The van der Waals surface area contributed by atoms with Gasteiger partial charge in [0.05, 0.1) is 10.8 Å². The molecule has 0 aliphatic carbocycles. The van der Waals surface area contributed by atoms with E-state index in [1.807, 2.05) is 30.3 Å². The molecule has 2 aromatic carbocycles. The molecule has 0 saturated carbocycles. The van der Waals surface area contributed by atoms with Gasteiger partial charge in [-0.25, -0.2) is 12.8 Å². The van der Waals surface area contributed by atoms with Crippen LogP contribution in [0, 0.1) is 11.7 Å². The average Bonchev–Trinajstić information content (AvgIpc) is 2.74. The Balaban J connectivity index is 1.47. The average molecular weight is 420 g/mol. The van der Waals surface area contributed by atoms with Crippen LogP contribution in [0.4, 0.5) is 10.1 Å². The first kappa shape index (κ1) is 21.3. The van der Waals surface area contributed by atoms with Gasteiger partial charge in [0.2, 0.25) is 15.9 Å². The Kier molecular flexibility index (Phi) is 7.22. The van der Waals surface area contributed by atoms with Crippen molar-refractivity contribution in [2.24, 2.45) is 5.92 Å². The van der Waals surface area contributed by atoms with Gasteiger partial charge < -0.3 is 10.6 Å². The molecule has 3 rings (SSSR count). The molecule has 1 heterocycles. The van der Waals surface area contributed by atoms with Crippen LogP contribution in [-0.2, 0) is 14.8 Å². The summed E-state index contributed by atoms with van der Waals surface area (Å²) in [6, 6.07) is 14.6. The lowest BCUT2D eigenvalue weighted by atomic mass is 9.99. The van der Waals surface area contributed by atoms with Crippen LogP contribution in [0.25, 0.3) is 0 Å². The molecule has 1 unspecified atom stereocenters. The number of halogens is 1. The van der Waals surface area contributed by atoms with Crippen LogP contribution in [0.15, 0.2) is 59.5 Å². The number of hydrogen-bond acceptors (Lipinski definition) is 4. The minimum absolute atomic E-state index is 0.0481. The number of anilines is 1. The molecule has 156 valence electrons. The third kappa shape index (κ3) is 5.77. The SMILES string of the molecule is O=C(NCCCNc1ccccc1)C1CCCN(S(=O)(=O)c2ccc(F)cc2)C1. The number of nitrogens with zero attached hydrogens (tertiary/aromatic N) is 1. The van der Waals surface area contributed by atoms with E-state index in [0.717, 1.165) is 30.8 Å². The fourth-order valence-corrected chi connectivity index (χ4v) is 4.89. The second-order valence-electron chi connectivity index (χ2n) is 7.09. The number of amides is 1. The van der Waals surface area contributed by atoms with Crippen LogP contribution >= 0.6 is 0 Å². The molecule has 1 amide bonds. The molecule has 1 fully saturated rings. The van der Waals surface area contributed by atoms with Crippen molar-refractivity contribution in [3.63, 3.8) is 0 Å². The third-order valence-electron chi connectivity index (χ3n) is 4.96. The van der Waals surface area contributed by atoms with Gasteiger partial charge in [0.1, 0.15) is 5.82 Å². The number of piperidine rings is 1. The van der Waals surface area contributed by atoms with E-state index in [9.17, 15) is 17.6 Å². The number of para-hydroxylation sites is 1. The molecule has 6 nitrogen and oxygen atoms in total. The van der Waals surface area contributed by atoms with Crippen molar-refractivity contribution >= 4 is 21.6 Å². The second kappa shape index (κ2) is 9.84. The lowest BCUT2D eigenvalue weighted by molar-refractivity contribution is -0.126. The lowest BCUT2D eigenvalue weighted by Crippen LogP contribution is -2.45. The maximum atomic E-state index is 13.1. The predicted octanol–water partition coefficient (Wildman–Crippen LogP) is 2.84. The largest absolute Gasteiger partial charge is 0.385 e. The number of carbonyl (C=O) groups is 1. The Labute approximate surface area is 171 Å². The van der Waals surface area contributed by atoms with Gasteiger partial charge in [-0.15, -0.1) is 0 Å².